The van der Waals surface area contributed by atoms with E-state index < -0.39 is 21.6 Å². The summed E-state index contributed by atoms with van der Waals surface area (Å²) < 4.78 is 27.6. The maximum atomic E-state index is 13.2. The molecule has 0 radical (unpaired) electrons. The van der Waals surface area contributed by atoms with Gasteiger partial charge in [-0.15, -0.1) is 0 Å². The predicted molar refractivity (Wildman–Crippen MR) is 91.2 cm³/mol. The summed E-state index contributed by atoms with van der Waals surface area (Å²) in [7, 11) is -4.00. The van der Waals surface area contributed by atoms with Gasteiger partial charge in [-0.2, -0.15) is 4.31 Å². The van der Waals surface area contributed by atoms with Crippen molar-refractivity contribution >= 4 is 21.4 Å². The van der Waals surface area contributed by atoms with Crippen molar-refractivity contribution in [2.24, 2.45) is 0 Å². The molecule has 8 heteroatoms. The standard InChI is InChI=1S/C15H27N3O4S/c1-4-12(10-20)18(15(2,3)7-8-19)23(21,22)14-9-11(16)5-6-13(14)17/h5-6,9,12,19-20H,4,7-8,10,16-17H2,1-3H3. The molecule has 0 aliphatic carbocycles. The van der Waals surface area contributed by atoms with E-state index in [0.29, 0.717) is 6.42 Å². The van der Waals surface area contributed by atoms with Gasteiger partial charge in [0.1, 0.15) is 4.90 Å². The van der Waals surface area contributed by atoms with Crippen LogP contribution in [0, 0.1) is 0 Å². The summed E-state index contributed by atoms with van der Waals surface area (Å²) in [6, 6.07) is 3.67. The molecule has 0 aromatic heterocycles. The third-order valence-corrected chi connectivity index (χ3v) is 6.13. The third kappa shape index (κ3) is 4.14. The summed E-state index contributed by atoms with van der Waals surface area (Å²) in [4.78, 5) is -0.0876. The summed E-state index contributed by atoms with van der Waals surface area (Å²) in [5.74, 6) is 0. The molecular weight excluding hydrogens is 318 g/mol. The van der Waals surface area contributed by atoms with E-state index in [4.69, 9.17) is 11.5 Å². The zero-order chi connectivity index (χ0) is 17.8. The Labute approximate surface area is 138 Å². The van der Waals surface area contributed by atoms with Gasteiger partial charge >= 0.3 is 0 Å². The molecule has 6 N–H and O–H groups in total. The number of aliphatic hydroxyl groups is 2. The molecule has 0 aliphatic rings. The molecule has 0 bridgehead atoms. The van der Waals surface area contributed by atoms with Gasteiger partial charge in [-0.05, 0) is 44.9 Å². The van der Waals surface area contributed by atoms with Crippen LogP contribution in [0.4, 0.5) is 11.4 Å². The zero-order valence-electron chi connectivity index (χ0n) is 13.9. The van der Waals surface area contributed by atoms with E-state index in [1.54, 1.807) is 20.8 Å². The van der Waals surface area contributed by atoms with Crippen LogP contribution in [0.2, 0.25) is 0 Å². The van der Waals surface area contributed by atoms with Gasteiger partial charge in [0, 0.05) is 23.9 Å². The molecule has 1 atom stereocenters. The Morgan fingerprint density at radius 2 is 1.87 bits per heavy atom. The summed E-state index contributed by atoms with van der Waals surface area (Å²) >= 11 is 0. The van der Waals surface area contributed by atoms with Crippen molar-refractivity contribution in [3.8, 4) is 0 Å². The lowest BCUT2D eigenvalue weighted by Gasteiger charge is -2.41. The minimum atomic E-state index is -4.00. The number of nitrogens with two attached hydrogens (primary N) is 2. The van der Waals surface area contributed by atoms with Crippen molar-refractivity contribution in [2.75, 3.05) is 24.7 Å². The van der Waals surface area contributed by atoms with E-state index in [9.17, 15) is 18.6 Å². The van der Waals surface area contributed by atoms with E-state index in [1.165, 1.54) is 22.5 Å². The minimum Gasteiger partial charge on any atom is -0.399 e. The minimum absolute atomic E-state index is 0.0876. The second-order valence-electron chi connectivity index (χ2n) is 6.13. The average molecular weight is 345 g/mol. The molecule has 0 amide bonds. The molecular formula is C15H27N3O4S. The van der Waals surface area contributed by atoms with E-state index in [2.05, 4.69) is 0 Å². The molecule has 1 rings (SSSR count). The fourth-order valence-electron chi connectivity index (χ4n) is 2.65. The number of hydrogen-bond acceptors (Lipinski definition) is 6. The summed E-state index contributed by atoms with van der Waals surface area (Å²) in [5.41, 5.74) is 11.0. The van der Waals surface area contributed by atoms with E-state index in [0.717, 1.165) is 0 Å². The fourth-order valence-corrected chi connectivity index (χ4v) is 4.86. The van der Waals surface area contributed by atoms with Crippen molar-refractivity contribution in [1.82, 2.24) is 4.31 Å². The van der Waals surface area contributed by atoms with Gasteiger partial charge in [-0.3, -0.25) is 0 Å². The highest BCUT2D eigenvalue weighted by Crippen LogP contribution is 2.33. The number of hydrogen-bond donors (Lipinski definition) is 4. The lowest BCUT2D eigenvalue weighted by molar-refractivity contribution is 0.0919. The Hall–Kier alpha value is -1.35. The molecule has 0 aliphatic heterocycles. The van der Waals surface area contributed by atoms with Gasteiger partial charge in [0.25, 0.3) is 0 Å². The molecule has 0 heterocycles. The molecule has 132 valence electrons. The first-order valence-corrected chi connectivity index (χ1v) is 8.97. The summed E-state index contributed by atoms with van der Waals surface area (Å²) in [6.45, 7) is 4.71. The van der Waals surface area contributed by atoms with Crippen molar-refractivity contribution in [3.63, 3.8) is 0 Å². The Morgan fingerprint density at radius 1 is 1.26 bits per heavy atom. The van der Waals surface area contributed by atoms with Crippen LogP contribution in [-0.2, 0) is 10.0 Å². The van der Waals surface area contributed by atoms with Gasteiger partial charge in [-0.1, -0.05) is 6.92 Å². The van der Waals surface area contributed by atoms with E-state index in [-0.39, 0.29) is 35.9 Å². The van der Waals surface area contributed by atoms with Crippen molar-refractivity contribution in [2.45, 2.75) is 50.1 Å². The molecule has 7 nitrogen and oxygen atoms in total. The maximum absolute atomic E-state index is 13.2. The maximum Gasteiger partial charge on any atom is 0.246 e. The van der Waals surface area contributed by atoms with E-state index in [1.807, 2.05) is 0 Å². The van der Waals surface area contributed by atoms with Gasteiger partial charge in [0.2, 0.25) is 10.0 Å². The number of rotatable bonds is 8. The molecule has 1 aromatic carbocycles. The monoisotopic (exact) mass is 345 g/mol. The predicted octanol–water partition coefficient (Wildman–Crippen LogP) is 0.774. The van der Waals surface area contributed by atoms with Crippen molar-refractivity contribution in [3.05, 3.63) is 18.2 Å². The number of nitrogens with zero attached hydrogens (tertiary/aromatic N) is 1. The Kier molecular flexibility index (Phi) is 6.41. The van der Waals surface area contributed by atoms with Gasteiger partial charge in [0.15, 0.2) is 0 Å². The highest BCUT2D eigenvalue weighted by molar-refractivity contribution is 7.89. The van der Waals surface area contributed by atoms with Gasteiger partial charge in [0.05, 0.1) is 12.3 Å². The number of nitrogen functional groups attached to an aromatic ring is 2. The van der Waals surface area contributed by atoms with Gasteiger partial charge in [-0.25, -0.2) is 8.42 Å². The van der Waals surface area contributed by atoms with Crippen LogP contribution < -0.4 is 11.5 Å². The first-order chi connectivity index (χ1) is 10.6. The lowest BCUT2D eigenvalue weighted by Crippen LogP contribution is -2.54. The second-order valence-corrected chi connectivity index (χ2v) is 7.91. The zero-order valence-corrected chi connectivity index (χ0v) is 14.7. The van der Waals surface area contributed by atoms with Crippen LogP contribution in [0.1, 0.15) is 33.6 Å². The third-order valence-electron chi connectivity index (χ3n) is 3.91. The molecule has 0 saturated carbocycles. The first-order valence-electron chi connectivity index (χ1n) is 7.53. The molecule has 1 unspecified atom stereocenters. The van der Waals surface area contributed by atoms with Crippen LogP contribution in [0.5, 0.6) is 0 Å². The molecule has 1 aromatic rings. The normalized spacial score (nSPS) is 14.2. The smallest absolute Gasteiger partial charge is 0.246 e. The largest absolute Gasteiger partial charge is 0.399 e. The quantitative estimate of drug-likeness (QED) is 0.515. The topological polar surface area (TPSA) is 130 Å². The first kappa shape index (κ1) is 19.7. The summed E-state index contributed by atoms with van der Waals surface area (Å²) in [5, 5.41) is 18.9. The van der Waals surface area contributed by atoms with Crippen molar-refractivity contribution < 1.29 is 18.6 Å². The fraction of sp³-hybridized carbons (Fsp3) is 0.600. The molecule has 0 spiro atoms. The van der Waals surface area contributed by atoms with Crippen molar-refractivity contribution in [1.29, 1.82) is 0 Å². The van der Waals surface area contributed by atoms with Crippen LogP contribution in [0.25, 0.3) is 0 Å². The SMILES string of the molecule is CCC(CO)N(C(C)(C)CCO)S(=O)(=O)c1cc(N)ccc1N. The van der Waals surface area contributed by atoms with Crippen LogP contribution in [-0.4, -0.2) is 47.7 Å². The number of aliphatic hydroxyl groups excluding tert-OH is 2. The highest BCUT2D eigenvalue weighted by atomic mass is 32.2. The number of benzene rings is 1. The van der Waals surface area contributed by atoms with Gasteiger partial charge < -0.3 is 21.7 Å². The molecule has 0 fully saturated rings. The van der Waals surface area contributed by atoms with Crippen LogP contribution in [0.15, 0.2) is 23.1 Å². The Bertz CT molecular complexity index is 628. The average Bonchev–Trinajstić information content (AvgIpc) is 2.46. The number of anilines is 2. The molecule has 0 saturated heterocycles. The second kappa shape index (κ2) is 7.48. The summed E-state index contributed by atoms with van der Waals surface area (Å²) in [6.07, 6.45) is 0.651. The van der Waals surface area contributed by atoms with Crippen LogP contribution >= 0.6 is 0 Å². The Morgan fingerprint density at radius 3 is 2.35 bits per heavy atom. The lowest BCUT2D eigenvalue weighted by atomic mass is 9.99. The number of sulfonamides is 1. The highest BCUT2D eigenvalue weighted by Gasteiger charge is 2.41. The molecule has 23 heavy (non-hydrogen) atoms. The van der Waals surface area contributed by atoms with Crippen LogP contribution in [0.3, 0.4) is 0 Å². The van der Waals surface area contributed by atoms with E-state index >= 15 is 0 Å². The Balaban J connectivity index is 3.54.